The van der Waals surface area contributed by atoms with Crippen molar-refractivity contribution in [1.82, 2.24) is 0 Å². The van der Waals surface area contributed by atoms with Gasteiger partial charge in [-0.25, -0.2) is 9.79 Å². The van der Waals surface area contributed by atoms with Crippen molar-refractivity contribution in [1.29, 1.82) is 0 Å². The molecule has 1 N–H and O–H groups in total. The van der Waals surface area contributed by atoms with Crippen molar-refractivity contribution in [3.8, 4) is 0 Å². The summed E-state index contributed by atoms with van der Waals surface area (Å²) < 4.78 is 26.3. The minimum absolute atomic E-state index is 0.193. The number of carboxylic acids is 1. The summed E-state index contributed by atoms with van der Waals surface area (Å²) in [5, 5.41) is 12.5. The molecule has 2 rings (SSSR count). The van der Waals surface area contributed by atoms with Crippen molar-refractivity contribution in [2.24, 2.45) is 15.6 Å². The molecule has 0 atom stereocenters. The molecular weight excluding hydrogens is 296 g/mol. The third-order valence-electron chi connectivity index (χ3n) is 3.32. The first kappa shape index (κ1) is 15.4. The highest BCUT2D eigenvalue weighted by Gasteiger charge is 2.42. The third kappa shape index (κ3) is 3.05. The number of allylic oxidation sites excluding steroid dienone is 3. The van der Waals surface area contributed by atoms with E-state index in [0.717, 1.165) is 30.4 Å². The molecule has 21 heavy (non-hydrogen) atoms. The molecule has 0 radical (unpaired) electrons. The Balaban J connectivity index is 2.49. The Kier molecular flexibility index (Phi) is 3.75. The van der Waals surface area contributed by atoms with Crippen LogP contribution < -0.4 is 0 Å². The Morgan fingerprint density at radius 3 is 2.52 bits per heavy atom. The zero-order valence-electron chi connectivity index (χ0n) is 12.0. The molecule has 7 nitrogen and oxygen atoms in total. The first-order valence-electron chi connectivity index (χ1n) is 6.33. The van der Waals surface area contributed by atoms with E-state index >= 15 is 0 Å². The van der Waals surface area contributed by atoms with Gasteiger partial charge in [0.15, 0.2) is 0 Å². The number of aliphatic carboxylic acids is 1. The molecule has 0 aromatic rings. The number of hydrogen-bond acceptors (Lipinski definition) is 6. The summed E-state index contributed by atoms with van der Waals surface area (Å²) >= 11 is 0. The van der Waals surface area contributed by atoms with Gasteiger partial charge in [-0.3, -0.25) is 4.28 Å². The summed E-state index contributed by atoms with van der Waals surface area (Å²) in [6, 6.07) is 0. The van der Waals surface area contributed by atoms with E-state index in [1.807, 2.05) is 26.0 Å². The highest BCUT2D eigenvalue weighted by atomic mass is 32.2. The predicted molar refractivity (Wildman–Crippen MR) is 77.6 cm³/mol. The maximum absolute atomic E-state index is 11.4. The van der Waals surface area contributed by atoms with Gasteiger partial charge in [0, 0.05) is 5.41 Å². The molecule has 1 aliphatic carbocycles. The van der Waals surface area contributed by atoms with Crippen LogP contribution in [0.5, 0.6) is 0 Å². The standard InChI is InChI=1S/C13H16N2O5S/c1-13(2)8-6-4-5-7-9(8)14-11(13)10(12(16)17)15-20-21(3,18)19/h6-7H,4-5H2,1-3H3,(H,16,17)/b15-10-. The summed E-state index contributed by atoms with van der Waals surface area (Å²) in [6.07, 6.45) is 6.45. The van der Waals surface area contributed by atoms with Gasteiger partial charge in [-0.15, -0.1) is 0 Å². The van der Waals surface area contributed by atoms with Gasteiger partial charge in [-0.2, -0.15) is 8.42 Å². The fourth-order valence-corrected chi connectivity index (χ4v) is 2.58. The molecule has 2 aliphatic rings. The second kappa shape index (κ2) is 5.10. The van der Waals surface area contributed by atoms with Crippen molar-refractivity contribution in [3.63, 3.8) is 0 Å². The van der Waals surface area contributed by atoms with Gasteiger partial charge in [0.1, 0.15) is 0 Å². The van der Waals surface area contributed by atoms with Gasteiger partial charge in [0.25, 0.3) is 0 Å². The molecule has 0 amide bonds. The van der Waals surface area contributed by atoms with Crippen molar-refractivity contribution in [3.05, 3.63) is 23.4 Å². The zero-order valence-corrected chi connectivity index (χ0v) is 12.8. The van der Waals surface area contributed by atoms with Gasteiger partial charge in [0.05, 0.1) is 17.7 Å². The number of carboxylic acid groups (broad SMARTS) is 1. The first-order valence-corrected chi connectivity index (χ1v) is 8.15. The number of nitrogens with zero attached hydrogens (tertiary/aromatic N) is 2. The Morgan fingerprint density at radius 2 is 2.00 bits per heavy atom. The lowest BCUT2D eigenvalue weighted by Gasteiger charge is -2.23. The van der Waals surface area contributed by atoms with E-state index < -0.39 is 27.2 Å². The van der Waals surface area contributed by atoms with E-state index in [0.29, 0.717) is 0 Å². The summed E-state index contributed by atoms with van der Waals surface area (Å²) in [5.74, 6) is -1.38. The number of rotatable bonds is 4. The summed E-state index contributed by atoms with van der Waals surface area (Å²) in [6.45, 7) is 3.64. The lowest BCUT2D eigenvalue weighted by molar-refractivity contribution is -0.129. The molecule has 1 aliphatic heterocycles. The second-order valence-electron chi connectivity index (χ2n) is 5.39. The third-order valence-corrected chi connectivity index (χ3v) is 3.66. The monoisotopic (exact) mass is 312 g/mol. The number of fused-ring (bicyclic) bond motifs is 1. The van der Waals surface area contributed by atoms with Crippen LogP contribution in [0.3, 0.4) is 0 Å². The molecule has 0 aromatic carbocycles. The fourth-order valence-electron chi connectivity index (χ4n) is 2.37. The molecule has 0 aromatic heterocycles. The van der Waals surface area contributed by atoms with Gasteiger partial charge in [-0.1, -0.05) is 31.2 Å². The smallest absolute Gasteiger partial charge is 0.359 e. The van der Waals surface area contributed by atoms with E-state index in [9.17, 15) is 18.3 Å². The molecule has 0 bridgehead atoms. The van der Waals surface area contributed by atoms with E-state index in [4.69, 9.17) is 0 Å². The van der Waals surface area contributed by atoms with Crippen molar-refractivity contribution < 1.29 is 22.6 Å². The number of oxime groups is 1. The quantitative estimate of drug-likeness (QED) is 0.625. The highest BCUT2D eigenvalue weighted by Crippen LogP contribution is 2.43. The molecule has 1 heterocycles. The van der Waals surface area contributed by atoms with Gasteiger partial charge >= 0.3 is 16.1 Å². The Morgan fingerprint density at radius 1 is 1.38 bits per heavy atom. The SMILES string of the molecule is CC1(C)C2=CCCC=C2N=C1/C(=N/OS(C)(=O)=O)C(=O)O. The normalized spacial score (nSPS) is 21.1. The van der Waals surface area contributed by atoms with Gasteiger partial charge < -0.3 is 5.11 Å². The van der Waals surface area contributed by atoms with Crippen molar-refractivity contribution >= 4 is 27.5 Å². The number of hydrogen-bond donors (Lipinski definition) is 1. The maximum Gasteiger partial charge on any atom is 0.359 e. The molecule has 0 spiro atoms. The largest absolute Gasteiger partial charge is 0.476 e. The average Bonchev–Trinajstić information content (AvgIpc) is 2.61. The maximum atomic E-state index is 11.4. The molecule has 0 saturated heterocycles. The Bertz CT molecular complexity index is 711. The van der Waals surface area contributed by atoms with Crippen molar-refractivity contribution in [2.75, 3.05) is 6.26 Å². The Hall–Kier alpha value is -1.96. The lowest BCUT2D eigenvalue weighted by Crippen LogP contribution is -2.34. The van der Waals surface area contributed by atoms with Crippen LogP contribution in [0.4, 0.5) is 0 Å². The summed E-state index contributed by atoms with van der Waals surface area (Å²) in [5.41, 5.74) is 0.677. The van der Waals surface area contributed by atoms with Crippen molar-refractivity contribution in [2.45, 2.75) is 26.7 Å². The van der Waals surface area contributed by atoms with E-state index in [-0.39, 0.29) is 5.71 Å². The van der Waals surface area contributed by atoms with E-state index in [1.54, 1.807) is 0 Å². The summed E-state index contributed by atoms with van der Waals surface area (Å²) in [4.78, 5) is 15.7. The minimum atomic E-state index is -3.88. The van der Waals surface area contributed by atoms with Gasteiger partial charge in [0.2, 0.25) is 5.71 Å². The zero-order chi connectivity index (χ0) is 15.8. The van der Waals surface area contributed by atoms with Crippen LogP contribution in [0.1, 0.15) is 26.7 Å². The minimum Gasteiger partial charge on any atom is -0.476 e. The summed E-state index contributed by atoms with van der Waals surface area (Å²) in [7, 11) is -3.88. The van der Waals surface area contributed by atoms with Crippen LogP contribution in [-0.2, 0) is 19.2 Å². The topological polar surface area (TPSA) is 105 Å². The molecular formula is C13H16N2O5S. The highest BCUT2D eigenvalue weighted by molar-refractivity contribution is 7.85. The van der Waals surface area contributed by atoms with Crippen LogP contribution in [0.25, 0.3) is 0 Å². The van der Waals surface area contributed by atoms with Crippen LogP contribution >= 0.6 is 0 Å². The first-order chi connectivity index (χ1) is 9.63. The van der Waals surface area contributed by atoms with E-state index in [2.05, 4.69) is 14.4 Å². The predicted octanol–water partition coefficient (Wildman–Crippen LogP) is 1.49. The van der Waals surface area contributed by atoms with Crippen LogP contribution in [-0.4, -0.2) is 37.2 Å². The fraction of sp³-hybridized carbons (Fsp3) is 0.462. The second-order valence-corrected chi connectivity index (χ2v) is 6.95. The van der Waals surface area contributed by atoms with Crippen LogP contribution in [0.2, 0.25) is 0 Å². The molecule has 0 fully saturated rings. The number of carbonyl (C=O) groups is 1. The molecule has 114 valence electrons. The lowest BCUT2D eigenvalue weighted by atomic mass is 9.77. The van der Waals surface area contributed by atoms with E-state index in [1.165, 1.54) is 0 Å². The molecule has 0 unspecified atom stereocenters. The van der Waals surface area contributed by atoms with Crippen LogP contribution in [0.15, 0.2) is 33.6 Å². The average molecular weight is 312 g/mol. The van der Waals surface area contributed by atoms with Gasteiger partial charge in [-0.05, 0) is 18.4 Å². The molecule has 8 heteroatoms. The van der Waals surface area contributed by atoms with Crippen LogP contribution in [0, 0.1) is 5.41 Å². The molecule has 0 saturated carbocycles. The number of aliphatic imine (C=N–C) groups is 1. The Labute approximate surface area is 122 Å².